The number of carbonyl (C=O) groups excluding carboxylic acids is 1. The Balaban J connectivity index is 1.76. The number of nitrogens with one attached hydrogen (secondary N) is 2. The smallest absolute Gasteiger partial charge is 0.300 e. The Morgan fingerprint density at radius 2 is 2.12 bits per heavy atom. The zero-order valence-corrected chi connectivity index (χ0v) is 13.3. The van der Waals surface area contributed by atoms with Crippen molar-refractivity contribution >= 4 is 22.6 Å². The summed E-state index contributed by atoms with van der Waals surface area (Å²) in [6.45, 7) is 0.0667. The van der Waals surface area contributed by atoms with Gasteiger partial charge in [-0.15, -0.1) is 0 Å². The summed E-state index contributed by atoms with van der Waals surface area (Å²) < 4.78 is 5.79. The zero-order valence-electron chi connectivity index (χ0n) is 13.3. The molecule has 0 aliphatic rings. The molecule has 0 bridgehead atoms. The summed E-state index contributed by atoms with van der Waals surface area (Å²) in [5, 5.41) is 11.9. The lowest BCUT2D eigenvalue weighted by Gasteiger charge is -2.07. The first-order chi connectivity index (χ1) is 12.3. The van der Waals surface area contributed by atoms with E-state index < -0.39 is 5.91 Å². The van der Waals surface area contributed by atoms with Crippen molar-refractivity contribution in [3.63, 3.8) is 0 Å². The number of rotatable bonds is 5. The third-order valence-corrected chi connectivity index (χ3v) is 3.44. The maximum atomic E-state index is 11.7. The average molecular weight is 336 g/mol. The topological polar surface area (TPSA) is 100 Å². The number of aliphatic hydroxyl groups excluding tert-OH is 1. The second-order valence-electron chi connectivity index (χ2n) is 5.10. The number of nitrogens with zero attached hydrogens (tertiary/aromatic N) is 2. The highest BCUT2D eigenvalue weighted by atomic mass is 16.5. The highest BCUT2D eigenvalue weighted by molar-refractivity contribution is 6.09. The Labute approximate surface area is 144 Å². The fraction of sp³-hybridized carbons (Fsp3) is 0.167. The first-order valence-electron chi connectivity index (χ1n) is 7.67. The van der Waals surface area contributed by atoms with E-state index in [2.05, 4.69) is 32.1 Å². The van der Waals surface area contributed by atoms with Gasteiger partial charge < -0.3 is 20.1 Å². The van der Waals surface area contributed by atoms with Crippen molar-refractivity contribution in [1.82, 2.24) is 15.0 Å². The number of H-pyrrole nitrogens is 1. The maximum absolute atomic E-state index is 11.7. The molecule has 7 nitrogen and oxygen atoms in total. The highest BCUT2D eigenvalue weighted by Crippen LogP contribution is 2.29. The summed E-state index contributed by atoms with van der Waals surface area (Å²) in [6, 6.07) is 9.98. The van der Waals surface area contributed by atoms with E-state index in [0.717, 1.165) is 12.0 Å². The third-order valence-electron chi connectivity index (χ3n) is 3.44. The van der Waals surface area contributed by atoms with Gasteiger partial charge >= 0.3 is 0 Å². The molecule has 0 atom stereocenters. The SMILES string of the molecule is O=C(C#CCO)Nc1c[nH]c2ncnc(OCCc3ccccc3)c12. The van der Waals surface area contributed by atoms with E-state index in [0.29, 0.717) is 29.2 Å². The van der Waals surface area contributed by atoms with Gasteiger partial charge in [0.15, 0.2) is 0 Å². The summed E-state index contributed by atoms with van der Waals surface area (Å²) in [5.41, 5.74) is 2.19. The minimum Gasteiger partial charge on any atom is -0.477 e. The van der Waals surface area contributed by atoms with E-state index in [4.69, 9.17) is 9.84 Å². The van der Waals surface area contributed by atoms with Gasteiger partial charge in [-0.25, -0.2) is 9.97 Å². The molecule has 3 aromatic rings. The zero-order chi connectivity index (χ0) is 17.5. The number of amides is 1. The Morgan fingerprint density at radius 3 is 2.92 bits per heavy atom. The van der Waals surface area contributed by atoms with Crippen LogP contribution in [0.15, 0.2) is 42.9 Å². The first-order valence-corrected chi connectivity index (χ1v) is 7.67. The van der Waals surface area contributed by atoms with Gasteiger partial charge in [-0.3, -0.25) is 4.79 Å². The summed E-state index contributed by atoms with van der Waals surface area (Å²) in [6.07, 6.45) is 3.73. The normalized spacial score (nSPS) is 10.1. The lowest BCUT2D eigenvalue weighted by atomic mass is 10.2. The molecule has 0 aliphatic carbocycles. The Bertz CT molecular complexity index is 926. The Kier molecular flexibility index (Phi) is 5.24. The van der Waals surface area contributed by atoms with Gasteiger partial charge in [-0.1, -0.05) is 36.3 Å². The molecule has 3 rings (SSSR count). The van der Waals surface area contributed by atoms with E-state index in [1.165, 1.54) is 6.33 Å². The van der Waals surface area contributed by atoms with Crippen molar-refractivity contribution in [1.29, 1.82) is 0 Å². The Morgan fingerprint density at radius 1 is 1.28 bits per heavy atom. The lowest BCUT2D eigenvalue weighted by Crippen LogP contribution is -2.09. The van der Waals surface area contributed by atoms with Crippen LogP contribution in [0.2, 0.25) is 0 Å². The molecule has 7 heteroatoms. The molecule has 1 amide bonds. The van der Waals surface area contributed by atoms with E-state index in [1.54, 1.807) is 6.20 Å². The number of ether oxygens (including phenoxy) is 1. The number of aliphatic hydroxyl groups is 1. The molecule has 25 heavy (non-hydrogen) atoms. The number of carbonyl (C=O) groups is 1. The van der Waals surface area contributed by atoms with Crippen LogP contribution in [0.4, 0.5) is 5.69 Å². The quantitative estimate of drug-likeness (QED) is 0.613. The van der Waals surface area contributed by atoms with Gasteiger partial charge in [0.2, 0.25) is 5.88 Å². The van der Waals surface area contributed by atoms with Crippen LogP contribution >= 0.6 is 0 Å². The van der Waals surface area contributed by atoms with E-state index in [9.17, 15) is 4.79 Å². The molecular weight excluding hydrogens is 320 g/mol. The minimum absolute atomic E-state index is 0.377. The standard InChI is InChI=1S/C18H16N4O3/c23-9-4-7-15(24)22-14-11-19-17-16(14)18(21-12-20-17)25-10-8-13-5-2-1-3-6-13/h1-3,5-6,11-12,23H,8-10H2,(H,22,24)(H,19,20,21). The number of anilines is 1. The molecule has 0 radical (unpaired) electrons. The second-order valence-corrected chi connectivity index (χ2v) is 5.10. The molecule has 2 heterocycles. The van der Waals surface area contributed by atoms with Gasteiger partial charge in [-0.2, -0.15) is 0 Å². The van der Waals surface area contributed by atoms with Crippen LogP contribution in [0.3, 0.4) is 0 Å². The second kappa shape index (κ2) is 7.95. The lowest BCUT2D eigenvalue weighted by molar-refractivity contribution is -0.111. The van der Waals surface area contributed by atoms with Crippen LogP contribution < -0.4 is 10.1 Å². The van der Waals surface area contributed by atoms with Crippen molar-refractivity contribution < 1.29 is 14.6 Å². The molecule has 3 N–H and O–H groups in total. The fourth-order valence-corrected chi connectivity index (χ4v) is 2.33. The Hall–Kier alpha value is -3.37. The van der Waals surface area contributed by atoms with Gasteiger partial charge in [0.25, 0.3) is 5.91 Å². The predicted octanol–water partition coefficient (Wildman–Crippen LogP) is 1.51. The maximum Gasteiger partial charge on any atom is 0.300 e. The number of aromatic nitrogens is 3. The van der Waals surface area contributed by atoms with Crippen LogP contribution in [0.25, 0.3) is 11.0 Å². The molecule has 0 spiro atoms. The summed E-state index contributed by atoms with van der Waals surface area (Å²) in [4.78, 5) is 23.0. The van der Waals surface area contributed by atoms with Crippen LogP contribution in [0.5, 0.6) is 5.88 Å². The van der Waals surface area contributed by atoms with Crippen molar-refractivity contribution in [3.8, 4) is 17.7 Å². The van der Waals surface area contributed by atoms with Gasteiger partial charge in [0, 0.05) is 12.6 Å². The fourth-order valence-electron chi connectivity index (χ4n) is 2.33. The highest BCUT2D eigenvalue weighted by Gasteiger charge is 2.13. The third kappa shape index (κ3) is 4.13. The summed E-state index contributed by atoms with van der Waals surface area (Å²) in [7, 11) is 0. The van der Waals surface area contributed by atoms with E-state index >= 15 is 0 Å². The van der Waals surface area contributed by atoms with Gasteiger partial charge in [-0.05, 0) is 11.5 Å². The molecule has 0 unspecified atom stereocenters. The minimum atomic E-state index is -0.533. The molecule has 0 saturated heterocycles. The van der Waals surface area contributed by atoms with E-state index in [1.807, 2.05) is 30.3 Å². The van der Waals surface area contributed by atoms with Crippen molar-refractivity contribution in [2.24, 2.45) is 0 Å². The molecule has 0 fully saturated rings. The van der Waals surface area contributed by atoms with Crippen molar-refractivity contribution in [2.45, 2.75) is 6.42 Å². The molecule has 2 aromatic heterocycles. The number of hydrogen-bond donors (Lipinski definition) is 3. The first kappa shape index (κ1) is 16.5. The number of aromatic amines is 1. The summed E-state index contributed by atoms with van der Waals surface area (Å²) in [5.74, 6) is 4.42. The number of benzene rings is 1. The monoisotopic (exact) mass is 336 g/mol. The van der Waals surface area contributed by atoms with Crippen LogP contribution in [-0.4, -0.2) is 39.2 Å². The largest absolute Gasteiger partial charge is 0.477 e. The van der Waals surface area contributed by atoms with Gasteiger partial charge in [0.05, 0.1) is 12.3 Å². The van der Waals surface area contributed by atoms with Crippen LogP contribution in [0.1, 0.15) is 5.56 Å². The van der Waals surface area contributed by atoms with Crippen molar-refractivity contribution in [2.75, 3.05) is 18.5 Å². The van der Waals surface area contributed by atoms with Crippen LogP contribution in [-0.2, 0) is 11.2 Å². The van der Waals surface area contributed by atoms with Gasteiger partial charge in [0.1, 0.15) is 24.0 Å². The average Bonchev–Trinajstić information content (AvgIpc) is 3.05. The van der Waals surface area contributed by atoms with Crippen LogP contribution in [0, 0.1) is 11.8 Å². The number of fused-ring (bicyclic) bond motifs is 1. The van der Waals surface area contributed by atoms with Crippen molar-refractivity contribution in [3.05, 3.63) is 48.4 Å². The molecule has 0 aliphatic heterocycles. The predicted molar refractivity (Wildman–Crippen MR) is 93.0 cm³/mol. The molecule has 1 aromatic carbocycles. The molecular formula is C18H16N4O3. The van der Waals surface area contributed by atoms with E-state index in [-0.39, 0.29) is 6.61 Å². The molecule has 126 valence electrons. The molecule has 0 saturated carbocycles. The summed E-state index contributed by atoms with van der Waals surface area (Å²) >= 11 is 0. The number of hydrogen-bond acceptors (Lipinski definition) is 5.